The van der Waals surface area contributed by atoms with Crippen molar-refractivity contribution in [1.29, 1.82) is 0 Å². The zero-order chi connectivity index (χ0) is 20.3. The molecule has 0 spiro atoms. The van der Waals surface area contributed by atoms with E-state index >= 15 is 0 Å². The fourth-order valence-electron chi connectivity index (χ4n) is 3.44. The average Bonchev–Trinajstić information content (AvgIpc) is 2.77. The molecule has 3 rings (SSSR count). The highest BCUT2D eigenvalue weighted by Crippen LogP contribution is 2.15. The normalized spacial score (nSPS) is 15.3. The fraction of sp³-hybridized carbons (Fsp3) is 0.458. The standard InChI is InChI=1S/C24H33N3O2/c1-3-25-24(27(2)18-20-8-5-4-6-9-20)26-17-21-10-7-11-22(16-21)19-29-23-12-14-28-15-13-23/h4-11,16,23H,3,12-15,17-19H2,1-2H3,(H,25,26). The third-order valence-electron chi connectivity index (χ3n) is 5.02. The summed E-state index contributed by atoms with van der Waals surface area (Å²) in [5.41, 5.74) is 3.67. The van der Waals surface area contributed by atoms with Crippen molar-refractivity contribution < 1.29 is 9.47 Å². The van der Waals surface area contributed by atoms with E-state index < -0.39 is 0 Å². The molecule has 1 N–H and O–H groups in total. The van der Waals surface area contributed by atoms with Gasteiger partial charge >= 0.3 is 0 Å². The molecule has 5 heteroatoms. The molecule has 0 radical (unpaired) electrons. The smallest absolute Gasteiger partial charge is 0.194 e. The van der Waals surface area contributed by atoms with Gasteiger partial charge in [0.2, 0.25) is 0 Å². The van der Waals surface area contributed by atoms with Gasteiger partial charge in [-0.2, -0.15) is 0 Å². The second-order valence-electron chi connectivity index (χ2n) is 7.45. The molecule has 2 aromatic carbocycles. The van der Waals surface area contributed by atoms with Crippen LogP contribution >= 0.6 is 0 Å². The maximum Gasteiger partial charge on any atom is 0.194 e. The molecule has 1 heterocycles. The van der Waals surface area contributed by atoms with Crippen molar-refractivity contribution in [2.75, 3.05) is 26.8 Å². The predicted octanol–water partition coefficient (Wildman–Crippen LogP) is 3.98. The highest BCUT2D eigenvalue weighted by molar-refractivity contribution is 5.79. The molecule has 1 aliphatic rings. The highest BCUT2D eigenvalue weighted by Gasteiger charge is 2.14. The van der Waals surface area contributed by atoms with Crippen LogP contribution in [0.4, 0.5) is 0 Å². The quantitative estimate of drug-likeness (QED) is 0.542. The van der Waals surface area contributed by atoms with Gasteiger partial charge in [-0.1, -0.05) is 54.6 Å². The largest absolute Gasteiger partial charge is 0.381 e. The van der Waals surface area contributed by atoms with Crippen LogP contribution < -0.4 is 5.32 Å². The number of benzene rings is 2. The van der Waals surface area contributed by atoms with Crippen molar-refractivity contribution in [2.24, 2.45) is 4.99 Å². The number of guanidine groups is 1. The van der Waals surface area contributed by atoms with Crippen molar-refractivity contribution in [3.63, 3.8) is 0 Å². The van der Waals surface area contributed by atoms with E-state index in [2.05, 4.69) is 72.7 Å². The van der Waals surface area contributed by atoms with E-state index in [1.54, 1.807) is 0 Å². The van der Waals surface area contributed by atoms with Crippen LogP contribution in [0.1, 0.15) is 36.5 Å². The Balaban J connectivity index is 1.58. The van der Waals surface area contributed by atoms with Crippen molar-refractivity contribution in [2.45, 2.75) is 45.6 Å². The second kappa shape index (κ2) is 11.6. The van der Waals surface area contributed by atoms with Crippen LogP contribution in [0, 0.1) is 0 Å². The zero-order valence-corrected chi connectivity index (χ0v) is 17.6. The lowest BCUT2D eigenvalue weighted by atomic mass is 10.1. The number of hydrogen-bond acceptors (Lipinski definition) is 3. The summed E-state index contributed by atoms with van der Waals surface area (Å²) in [6.45, 7) is 6.68. The highest BCUT2D eigenvalue weighted by atomic mass is 16.5. The molecule has 5 nitrogen and oxygen atoms in total. The number of ether oxygens (including phenoxy) is 2. The maximum atomic E-state index is 6.06. The van der Waals surface area contributed by atoms with Gasteiger partial charge in [0.05, 0.1) is 19.3 Å². The Morgan fingerprint density at radius 1 is 1.07 bits per heavy atom. The van der Waals surface area contributed by atoms with Crippen LogP contribution in [0.5, 0.6) is 0 Å². The minimum atomic E-state index is 0.317. The number of aliphatic imine (C=N–C) groups is 1. The van der Waals surface area contributed by atoms with E-state index in [-0.39, 0.29) is 0 Å². The number of hydrogen-bond donors (Lipinski definition) is 1. The molecule has 1 fully saturated rings. The zero-order valence-electron chi connectivity index (χ0n) is 17.6. The lowest BCUT2D eigenvalue weighted by Gasteiger charge is -2.22. The topological polar surface area (TPSA) is 46.1 Å². The van der Waals surface area contributed by atoms with Gasteiger partial charge in [-0.15, -0.1) is 0 Å². The number of nitrogens with zero attached hydrogens (tertiary/aromatic N) is 2. The first kappa shape index (κ1) is 21.3. The van der Waals surface area contributed by atoms with Gasteiger partial charge in [0.15, 0.2) is 5.96 Å². The Labute approximate surface area is 174 Å². The molecule has 0 unspecified atom stereocenters. The second-order valence-corrected chi connectivity index (χ2v) is 7.45. The fourth-order valence-corrected chi connectivity index (χ4v) is 3.44. The summed E-state index contributed by atoms with van der Waals surface area (Å²) >= 11 is 0. The van der Waals surface area contributed by atoms with Gasteiger partial charge in [-0.25, -0.2) is 4.99 Å². The van der Waals surface area contributed by atoms with Crippen molar-refractivity contribution in [3.8, 4) is 0 Å². The monoisotopic (exact) mass is 395 g/mol. The maximum absolute atomic E-state index is 6.06. The Hall–Kier alpha value is -2.37. The van der Waals surface area contributed by atoms with Crippen molar-refractivity contribution >= 4 is 5.96 Å². The van der Waals surface area contributed by atoms with Crippen LogP contribution in [-0.2, 0) is 29.2 Å². The number of nitrogens with one attached hydrogen (secondary N) is 1. The van der Waals surface area contributed by atoms with E-state index in [4.69, 9.17) is 14.5 Å². The Morgan fingerprint density at radius 3 is 2.55 bits per heavy atom. The van der Waals surface area contributed by atoms with Gasteiger partial charge in [-0.05, 0) is 36.5 Å². The summed E-state index contributed by atoms with van der Waals surface area (Å²) in [5.74, 6) is 0.917. The minimum absolute atomic E-state index is 0.317. The van der Waals surface area contributed by atoms with E-state index in [1.807, 2.05) is 6.07 Å². The van der Waals surface area contributed by atoms with E-state index in [1.165, 1.54) is 16.7 Å². The lowest BCUT2D eigenvalue weighted by molar-refractivity contribution is -0.0390. The summed E-state index contributed by atoms with van der Waals surface area (Å²) in [7, 11) is 2.08. The van der Waals surface area contributed by atoms with Crippen LogP contribution in [0.15, 0.2) is 59.6 Å². The van der Waals surface area contributed by atoms with Gasteiger partial charge < -0.3 is 19.7 Å². The Morgan fingerprint density at radius 2 is 1.79 bits per heavy atom. The van der Waals surface area contributed by atoms with Crippen LogP contribution in [0.2, 0.25) is 0 Å². The molecule has 29 heavy (non-hydrogen) atoms. The van der Waals surface area contributed by atoms with Crippen LogP contribution in [0.25, 0.3) is 0 Å². The summed E-state index contributed by atoms with van der Waals surface area (Å²) in [5, 5.41) is 3.40. The molecule has 156 valence electrons. The van der Waals surface area contributed by atoms with E-state index in [0.29, 0.717) is 19.3 Å². The molecular formula is C24H33N3O2. The SMILES string of the molecule is CCNC(=NCc1cccc(COC2CCOCC2)c1)N(C)Cc1ccccc1. The van der Waals surface area contributed by atoms with E-state index in [0.717, 1.165) is 45.1 Å². The van der Waals surface area contributed by atoms with Gasteiger partial charge in [0, 0.05) is 33.4 Å². The molecule has 1 saturated heterocycles. The summed E-state index contributed by atoms with van der Waals surface area (Å²) in [6, 6.07) is 19.0. The van der Waals surface area contributed by atoms with Gasteiger partial charge in [-0.3, -0.25) is 0 Å². The van der Waals surface area contributed by atoms with Crippen molar-refractivity contribution in [3.05, 3.63) is 71.3 Å². The van der Waals surface area contributed by atoms with Gasteiger partial charge in [0.25, 0.3) is 0 Å². The summed E-state index contributed by atoms with van der Waals surface area (Å²) in [6.07, 6.45) is 2.30. The first-order chi connectivity index (χ1) is 14.2. The molecule has 0 saturated carbocycles. The van der Waals surface area contributed by atoms with Gasteiger partial charge in [0.1, 0.15) is 0 Å². The Bertz CT molecular complexity index is 758. The average molecular weight is 396 g/mol. The molecule has 0 atom stereocenters. The molecule has 2 aromatic rings. The minimum Gasteiger partial charge on any atom is -0.381 e. The molecule has 0 amide bonds. The lowest BCUT2D eigenvalue weighted by Crippen LogP contribution is -2.38. The third kappa shape index (κ3) is 7.18. The molecule has 1 aliphatic heterocycles. The molecule has 0 aromatic heterocycles. The first-order valence-corrected chi connectivity index (χ1v) is 10.5. The van der Waals surface area contributed by atoms with Crippen LogP contribution in [0.3, 0.4) is 0 Å². The van der Waals surface area contributed by atoms with Crippen molar-refractivity contribution in [1.82, 2.24) is 10.2 Å². The van der Waals surface area contributed by atoms with Crippen LogP contribution in [-0.4, -0.2) is 43.8 Å². The summed E-state index contributed by atoms with van der Waals surface area (Å²) < 4.78 is 11.5. The summed E-state index contributed by atoms with van der Waals surface area (Å²) in [4.78, 5) is 7.01. The third-order valence-corrected chi connectivity index (χ3v) is 5.02. The predicted molar refractivity (Wildman–Crippen MR) is 118 cm³/mol. The first-order valence-electron chi connectivity index (χ1n) is 10.5. The molecule has 0 bridgehead atoms. The molecular weight excluding hydrogens is 362 g/mol. The molecule has 0 aliphatic carbocycles. The number of rotatable bonds is 8. The Kier molecular flexibility index (Phi) is 8.53. The van der Waals surface area contributed by atoms with E-state index in [9.17, 15) is 0 Å².